The lowest BCUT2D eigenvalue weighted by Crippen LogP contribution is -2.29. The number of carbonyl (C=O) groups is 2. The van der Waals surface area contributed by atoms with Crippen LogP contribution in [0, 0.1) is 0 Å². The van der Waals surface area contributed by atoms with Gasteiger partial charge in [-0.15, -0.1) is 0 Å². The molecule has 0 amide bonds. The molecular weight excluding hydrogens is 930 g/mol. The highest BCUT2D eigenvalue weighted by Gasteiger charge is 2.26. The first-order valence-electron chi connectivity index (χ1n) is 29.7. The minimum Gasteiger partial charge on any atom is -0.462 e. The largest absolute Gasteiger partial charge is 0.472 e. The van der Waals surface area contributed by atoms with E-state index in [1.165, 1.54) is 141 Å². The molecule has 2 atom stereocenters. The molecule has 0 aromatic carbocycles. The minimum absolute atomic E-state index is 0.0438. The molecule has 0 aromatic rings. The summed E-state index contributed by atoms with van der Waals surface area (Å²) in [4.78, 5) is 35.2. The van der Waals surface area contributed by atoms with Crippen LogP contribution in [0.3, 0.4) is 0 Å². The standard InChI is InChI=1S/C63H110NO8P/c1-3-5-7-9-11-13-15-17-19-21-23-24-25-26-27-28-29-30-31-32-33-34-35-36-38-39-41-43-45-47-49-51-53-55-62(65)69-59-61(60-71-73(67,68)70-58-57-64)72-63(66)56-54-52-50-48-46-44-42-40-37-22-20-18-16-14-12-10-8-6-4-2/h6,8,12,14-15,17-18,20-21,23,25-26,37,40,44,46,61H,3-5,7,9-11,13,16,19,22,24,27-36,38-39,41-43,45,47-60,64H2,1-2H3,(H,67,68)/b8-6-,14-12-,17-15-,20-18-,23-21-,26-25-,40-37-,46-44-. The maximum atomic E-state index is 12.7. The molecule has 0 fully saturated rings. The van der Waals surface area contributed by atoms with Crippen LogP contribution < -0.4 is 5.73 Å². The van der Waals surface area contributed by atoms with Gasteiger partial charge < -0.3 is 20.1 Å². The van der Waals surface area contributed by atoms with E-state index in [0.29, 0.717) is 6.42 Å². The van der Waals surface area contributed by atoms with Gasteiger partial charge in [-0.05, 0) is 96.3 Å². The molecule has 0 aliphatic heterocycles. The van der Waals surface area contributed by atoms with E-state index in [4.69, 9.17) is 24.3 Å². The van der Waals surface area contributed by atoms with E-state index < -0.39 is 32.5 Å². The van der Waals surface area contributed by atoms with Crippen LogP contribution in [0.2, 0.25) is 0 Å². The highest BCUT2D eigenvalue weighted by atomic mass is 31.2. The topological polar surface area (TPSA) is 134 Å². The molecule has 0 aliphatic rings. The molecule has 73 heavy (non-hydrogen) atoms. The predicted molar refractivity (Wildman–Crippen MR) is 312 cm³/mol. The van der Waals surface area contributed by atoms with Crippen LogP contribution >= 0.6 is 7.82 Å². The number of phosphoric ester groups is 1. The van der Waals surface area contributed by atoms with E-state index in [-0.39, 0.29) is 32.6 Å². The Hall–Kier alpha value is -3.07. The molecule has 0 saturated carbocycles. The molecule has 9 nitrogen and oxygen atoms in total. The summed E-state index contributed by atoms with van der Waals surface area (Å²) in [6, 6.07) is 0. The maximum Gasteiger partial charge on any atom is 0.472 e. The van der Waals surface area contributed by atoms with Crippen LogP contribution in [0.15, 0.2) is 97.2 Å². The summed E-state index contributed by atoms with van der Waals surface area (Å²) in [6.45, 7) is 3.59. The van der Waals surface area contributed by atoms with Gasteiger partial charge in [0.15, 0.2) is 6.10 Å². The third kappa shape index (κ3) is 58.1. The lowest BCUT2D eigenvalue weighted by Gasteiger charge is -2.19. The molecule has 3 N–H and O–H groups in total. The van der Waals surface area contributed by atoms with Gasteiger partial charge in [0, 0.05) is 19.4 Å². The molecule has 10 heteroatoms. The first-order chi connectivity index (χ1) is 35.8. The van der Waals surface area contributed by atoms with Gasteiger partial charge in [0.2, 0.25) is 0 Å². The molecule has 420 valence electrons. The molecule has 2 unspecified atom stereocenters. The van der Waals surface area contributed by atoms with Gasteiger partial charge in [0.05, 0.1) is 13.2 Å². The summed E-state index contributed by atoms with van der Waals surface area (Å²) in [7, 11) is -4.40. The lowest BCUT2D eigenvalue weighted by molar-refractivity contribution is -0.161. The molecule has 0 rings (SSSR count). The molecule has 0 aliphatic carbocycles. The van der Waals surface area contributed by atoms with Crippen molar-refractivity contribution in [2.24, 2.45) is 5.73 Å². The number of esters is 2. The van der Waals surface area contributed by atoms with Crippen molar-refractivity contribution in [3.8, 4) is 0 Å². The Morgan fingerprint density at radius 3 is 1.14 bits per heavy atom. The summed E-state index contributed by atoms with van der Waals surface area (Å²) in [5.74, 6) is -0.865. The number of hydrogen-bond acceptors (Lipinski definition) is 8. The summed E-state index contributed by atoms with van der Waals surface area (Å²) >= 11 is 0. The van der Waals surface area contributed by atoms with Crippen LogP contribution in [0.5, 0.6) is 0 Å². The molecular formula is C63H110NO8P. The fourth-order valence-electron chi connectivity index (χ4n) is 8.08. The second-order valence-electron chi connectivity index (χ2n) is 19.5. The number of nitrogens with two attached hydrogens (primary N) is 1. The zero-order valence-electron chi connectivity index (χ0n) is 46.8. The number of allylic oxidation sites excluding steroid dienone is 16. The number of phosphoric acid groups is 1. The Balaban J connectivity index is 3.94. The van der Waals surface area contributed by atoms with Crippen molar-refractivity contribution < 1.29 is 37.6 Å². The summed E-state index contributed by atoms with van der Waals surface area (Å²) in [5.41, 5.74) is 5.38. The number of ether oxygens (including phenoxy) is 2. The molecule has 0 heterocycles. The maximum absolute atomic E-state index is 12.7. The van der Waals surface area contributed by atoms with Gasteiger partial charge in [-0.1, -0.05) is 246 Å². The average Bonchev–Trinajstić information content (AvgIpc) is 3.38. The fourth-order valence-corrected chi connectivity index (χ4v) is 8.85. The van der Waals surface area contributed by atoms with Gasteiger partial charge >= 0.3 is 19.8 Å². The van der Waals surface area contributed by atoms with Gasteiger partial charge in [0.25, 0.3) is 0 Å². The Bertz CT molecular complexity index is 1510. The van der Waals surface area contributed by atoms with E-state index >= 15 is 0 Å². The number of carbonyl (C=O) groups excluding carboxylic acids is 2. The normalized spacial score (nSPS) is 13.8. The monoisotopic (exact) mass is 1040 g/mol. The summed E-state index contributed by atoms with van der Waals surface area (Å²) in [5, 5.41) is 0. The van der Waals surface area contributed by atoms with Crippen LogP contribution in [0.25, 0.3) is 0 Å². The van der Waals surface area contributed by atoms with E-state index in [1.54, 1.807) is 0 Å². The zero-order chi connectivity index (χ0) is 53.1. The molecule has 0 bridgehead atoms. The van der Waals surface area contributed by atoms with Crippen molar-refractivity contribution >= 4 is 19.8 Å². The SMILES string of the molecule is CC/C=C\C/C=C\C/C=C\C/C=C\C/C=C\CCCCCC(=O)OC(COC(=O)CCCCCCCCCCCCCCCCCCCC/C=C\C/C=C\C/C=C\CCCCCCC)COP(=O)(O)OCCN. The van der Waals surface area contributed by atoms with Gasteiger partial charge in [-0.25, -0.2) is 4.57 Å². The van der Waals surface area contributed by atoms with Crippen molar-refractivity contribution in [2.45, 2.75) is 264 Å². The van der Waals surface area contributed by atoms with Crippen LogP contribution in [0.4, 0.5) is 0 Å². The summed E-state index contributed by atoms with van der Waals surface area (Å²) < 4.78 is 33.0. The van der Waals surface area contributed by atoms with Crippen LogP contribution in [0.1, 0.15) is 258 Å². The molecule has 0 radical (unpaired) electrons. The van der Waals surface area contributed by atoms with Crippen LogP contribution in [-0.4, -0.2) is 49.3 Å². The highest BCUT2D eigenvalue weighted by Crippen LogP contribution is 2.43. The summed E-state index contributed by atoms with van der Waals surface area (Å²) in [6.07, 6.45) is 77.6. The van der Waals surface area contributed by atoms with E-state index in [0.717, 1.165) is 83.5 Å². The predicted octanol–water partition coefficient (Wildman–Crippen LogP) is 18.8. The van der Waals surface area contributed by atoms with Crippen molar-refractivity contribution in [2.75, 3.05) is 26.4 Å². The number of unbranched alkanes of at least 4 members (excludes halogenated alkanes) is 26. The van der Waals surface area contributed by atoms with Gasteiger partial charge in [-0.2, -0.15) is 0 Å². The average molecular weight is 1040 g/mol. The molecule has 0 aromatic heterocycles. The second kappa shape index (κ2) is 58.2. The Kier molecular flexibility index (Phi) is 55.7. The van der Waals surface area contributed by atoms with E-state index in [2.05, 4.69) is 111 Å². The fraction of sp³-hybridized carbons (Fsp3) is 0.714. The first kappa shape index (κ1) is 69.9. The Morgan fingerprint density at radius 2 is 0.753 bits per heavy atom. The van der Waals surface area contributed by atoms with E-state index in [1.807, 2.05) is 0 Å². The number of hydrogen-bond donors (Lipinski definition) is 2. The lowest BCUT2D eigenvalue weighted by atomic mass is 10.0. The molecule has 0 saturated heterocycles. The smallest absolute Gasteiger partial charge is 0.462 e. The minimum atomic E-state index is -4.40. The van der Waals surface area contributed by atoms with Crippen molar-refractivity contribution in [1.82, 2.24) is 0 Å². The Labute approximate surface area is 448 Å². The van der Waals surface area contributed by atoms with Gasteiger partial charge in [0.1, 0.15) is 6.61 Å². The van der Waals surface area contributed by atoms with Crippen LogP contribution in [-0.2, 0) is 32.7 Å². The highest BCUT2D eigenvalue weighted by molar-refractivity contribution is 7.47. The second-order valence-corrected chi connectivity index (χ2v) is 20.9. The van der Waals surface area contributed by atoms with Crippen molar-refractivity contribution in [1.29, 1.82) is 0 Å². The Morgan fingerprint density at radius 1 is 0.425 bits per heavy atom. The van der Waals surface area contributed by atoms with Gasteiger partial charge in [-0.3, -0.25) is 18.6 Å². The first-order valence-corrected chi connectivity index (χ1v) is 31.2. The number of rotatable bonds is 55. The molecule has 0 spiro atoms. The van der Waals surface area contributed by atoms with Crippen molar-refractivity contribution in [3.05, 3.63) is 97.2 Å². The third-order valence-corrected chi connectivity index (χ3v) is 13.4. The van der Waals surface area contributed by atoms with Crippen molar-refractivity contribution in [3.63, 3.8) is 0 Å². The third-order valence-electron chi connectivity index (χ3n) is 12.5. The quantitative estimate of drug-likeness (QED) is 0.0264. The van der Waals surface area contributed by atoms with E-state index in [9.17, 15) is 19.0 Å². The zero-order valence-corrected chi connectivity index (χ0v) is 47.7.